The lowest BCUT2D eigenvalue weighted by molar-refractivity contribution is -0.159. The fourth-order valence-corrected chi connectivity index (χ4v) is 1.48. The third-order valence-corrected chi connectivity index (χ3v) is 2.29. The van der Waals surface area contributed by atoms with Crippen LogP contribution in [-0.4, -0.2) is 11.6 Å². The van der Waals surface area contributed by atoms with Crippen LogP contribution in [0.15, 0.2) is 24.3 Å². The summed E-state index contributed by atoms with van der Waals surface area (Å²) in [5, 5.41) is 0. The molecular formula is C14H19FO2. The molecule has 0 radical (unpaired) electrons. The lowest BCUT2D eigenvalue weighted by atomic mass is 10.0. The van der Waals surface area contributed by atoms with Gasteiger partial charge in [-0.15, -0.1) is 0 Å². The molecule has 0 aliphatic carbocycles. The summed E-state index contributed by atoms with van der Waals surface area (Å²) in [6.45, 7) is 7.21. The maximum Gasteiger partial charge on any atom is 0.309 e. The van der Waals surface area contributed by atoms with Crippen molar-refractivity contribution in [3.8, 4) is 0 Å². The fraction of sp³-hybridized carbons (Fsp3) is 0.500. The van der Waals surface area contributed by atoms with Crippen molar-refractivity contribution in [3.05, 3.63) is 35.6 Å². The summed E-state index contributed by atoms with van der Waals surface area (Å²) < 4.78 is 18.6. The SMILES string of the molecule is CC(Cc1ccccc1F)C(=O)OC(C)(C)C. The fourth-order valence-electron chi connectivity index (χ4n) is 1.48. The molecule has 0 N–H and O–H groups in total. The van der Waals surface area contributed by atoms with Crippen LogP contribution < -0.4 is 0 Å². The van der Waals surface area contributed by atoms with Gasteiger partial charge in [0.25, 0.3) is 0 Å². The van der Waals surface area contributed by atoms with Crippen molar-refractivity contribution in [2.75, 3.05) is 0 Å². The van der Waals surface area contributed by atoms with Gasteiger partial charge < -0.3 is 4.74 Å². The second-order valence-electron chi connectivity index (χ2n) is 5.23. The molecule has 1 aromatic rings. The predicted octanol–water partition coefficient (Wildman–Crippen LogP) is 3.35. The molecule has 0 aliphatic rings. The normalized spacial score (nSPS) is 13.2. The van der Waals surface area contributed by atoms with Crippen molar-refractivity contribution < 1.29 is 13.9 Å². The molecule has 1 rings (SSSR count). The van der Waals surface area contributed by atoms with E-state index in [0.717, 1.165) is 0 Å². The smallest absolute Gasteiger partial charge is 0.309 e. The molecule has 0 heterocycles. The average molecular weight is 238 g/mol. The Morgan fingerprint density at radius 1 is 1.35 bits per heavy atom. The summed E-state index contributed by atoms with van der Waals surface area (Å²) in [5.41, 5.74) is 0.0477. The summed E-state index contributed by atoms with van der Waals surface area (Å²) in [6, 6.07) is 6.49. The van der Waals surface area contributed by atoms with E-state index in [1.807, 2.05) is 20.8 Å². The van der Waals surface area contributed by atoms with Crippen LogP contribution in [0.3, 0.4) is 0 Å². The molecule has 0 saturated heterocycles. The van der Waals surface area contributed by atoms with Crippen LogP contribution in [0.4, 0.5) is 4.39 Å². The lowest BCUT2D eigenvalue weighted by Crippen LogP contribution is -2.28. The van der Waals surface area contributed by atoms with Gasteiger partial charge in [0.05, 0.1) is 5.92 Å². The van der Waals surface area contributed by atoms with Crippen LogP contribution in [0.1, 0.15) is 33.3 Å². The first-order valence-corrected chi connectivity index (χ1v) is 5.76. The molecule has 0 amide bonds. The molecule has 94 valence electrons. The Morgan fingerprint density at radius 2 is 1.94 bits per heavy atom. The highest BCUT2D eigenvalue weighted by Crippen LogP contribution is 2.16. The first-order valence-electron chi connectivity index (χ1n) is 5.76. The Bertz CT molecular complexity index is 393. The van der Waals surface area contributed by atoms with Crippen LogP contribution in [0, 0.1) is 11.7 Å². The third-order valence-electron chi connectivity index (χ3n) is 2.29. The number of hydrogen-bond acceptors (Lipinski definition) is 2. The maximum absolute atomic E-state index is 13.4. The zero-order valence-corrected chi connectivity index (χ0v) is 10.8. The third kappa shape index (κ3) is 4.55. The zero-order chi connectivity index (χ0) is 13.1. The molecule has 0 aromatic heterocycles. The Kier molecular flexibility index (Phi) is 4.27. The van der Waals surface area contributed by atoms with Gasteiger partial charge in [0, 0.05) is 0 Å². The molecule has 1 aromatic carbocycles. The van der Waals surface area contributed by atoms with Crippen molar-refractivity contribution in [3.63, 3.8) is 0 Å². The van der Waals surface area contributed by atoms with E-state index < -0.39 is 5.60 Å². The minimum atomic E-state index is -0.499. The van der Waals surface area contributed by atoms with Gasteiger partial charge in [-0.05, 0) is 38.8 Å². The Labute approximate surface area is 102 Å². The molecular weight excluding hydrogens is 219 g/mol. The van der Waals surface area contributed by atoms with Gasteiger partial charge in [0.15, 0.2) is 0 Å². The molecule has 17 heavy (non-hydrogen) atoms. The second-order valence-corrected chi connectivity index (χ2v) is 5.23. The van der Waals surface area contributed by atoms with Gasteiger partial charge in [0.1, 0.15) is 11.4 Å². The van der Waals surface area contributed by atoms with E-state index in [9.17, 15) is 9.18 Å². The van der Waals surface area contributed by atoms with Crippen LogP contribution in [0.25, 0.3) is 0 Å². The molecule has 3 heteroatoms. The van der Waals surface area contributed by atoms with Crippen molar-refractivity contribution in [2.24, 2.45) is 5.92 Å². The Hall–Kier alpha value is -1.38. The van der Waals surface area contributed by atoms with Crippen molar-refractivity contribution in [2.45, 2.75) is 39.7 Å². The van der Waals surface area contributed by atoms with Crippen LogP contribution in [0.2, 0.25) is 0 Å². The number of ether oxygens (including phenoxy) is 1. The van der Waals surface area contributed by atoms with E-state index in [1.54, 1.807) is 25.1 Å². The van der Waals surface area contributed by atoms with Crippen molar-refractivity contribution in [1.82, 2.24) is 0 Å². The molecule has 0 fully saturated rings. The van der Waals surface area contributed by atoms with E-state index in [0.29, 0.717) is 12.0 Å². The van der Waals surface area contributed by atoms with Gasteiger partial charge in [0.2, 0.25) is 0 Å². The summed E-state index contributed by atoms with van der Waals surface area (Å²) in [4.78, 5) is 11.7. The Morgan fingerprint density at radius 3 is 2.47 bits per heavy atom. The number of benzene rings is 1. The van der Waals surface area contributed by atoms with Gasteiger partial charge in [-0.1, -0.05) is 25.1 Å². The topological polar surface area (TPSA) is 26.3 Å². The number of rotatable bonds is 3. The summed E-state index contributed by atoms with van der Waals surface area (Å²) in [6.07, 6.45) is 0.363. The molecule has 2 nitrogen and oxygen atoms in total. The molecule has 1 atom stereocenters. The average Bonchev–Trinajstić information content (AvgIpc) is 2.18. The molecule has 0 aliphatic heterocycles. The molecule has 0 bridgehead atoms. The first-order chi connectivity index (χ1) is 7.79. The van der Waals surface area contributed by atoms with E-state index in [1.165, 1.54) is 6.07 Å². The molecule has 0 spiro atoms. The largest absolute Gasteiger partial charge is 0.460 e. The second kappa shape index (κ2) is 5.30. The highest BCUT2D eigenvalue weighted by Gasteiger charge is 2.22. The van der Waals surface area contributed by atoms with Gasteiger partial charge in [-0.2, -0.15) is 0 Å². The van der Waals surface area contributed by atoms with E-state index in [-0.39, 0.29) is 17.7 Å². The predicted molar refractivity (Wildman–Crippen MR) is 65.1 cm³/mol. The minimum Gasteiger partial charge on any atom is -0.460 e. The lowest BCUT2D eigenvalue weighted by Gasteiger charge is -2.22. The summed E-state index contributed by atoms with van der Waals surface area (Å²) in [7, 11) is 0. The van der Waals surface area contributed by atoms with E-state index in [2.05, 4.69) is 0 Å². The molecule has 1 unspecified atom stereocenters. The van der Waals surface area contributed by atoms with E-state index in [4.69, 9.17) is 4.74 Å². The first kappa shape index (κ1) is 13.7. The quantitative estimate of drug-likeness (QED) is 0.755. The Balaban J connectivity index is 2.64. The van der Waals surface area contributed by atoms with Gasteiger partial charge >= 0.3 is 5.97 Å². The monoisotopic (exact) mass is 238 g/mol. The van der Waals surface area contributed by atoms with Crippen LogP contribution >= 0.6 is 0 Å². The zero-order valence-electron chi connectivity index (χ0n) is 10.8. The molecule has 0 saturated carbocycles. The van der Waals surface area contributed by atoms with E-state index >= 15 is 0 Å². The highest BCUT2D eigenvalue weighted by molar-refractivity contribution is 5.72. The number of esters is 1. The summed E-state index contributed by atoms with van der Waals surface area (Å²) in [5.74, 6) is -0.908. The number of halogens is 1. The van der Waals surface area contributed by atoms with Crippen molar-refractivity contribution >= 4 is 5.97 Å². The summed E-state index contributed by atoms with van der Waals surface area (Å²) >= 11 is 0. The van der Waals surface area contributed by atoms with Gasteiger partial charge in [-0.3, -0.25) is 4.79 Å². The number of hydrogen-bond donors (Lipinski definition) is 0. The number of carbonyl (C=O) groups is 1. The minimum absolute atomic E-state index is 0.275. The standard InChI is InChI=1S/C14H19FO2/c1-10(13(16)17-14(2,3)4)9-11-7-5-6-8-12(11)15/h5-8,10H,9H2,1-4H3. The highest BCUT2D eigenvalue weighted by atomic mass is 19.1. The van der Waals surface area contributed by atoms with Crippen LogP contribution in [0.5, 0.6) is 0 Å². The number of carbonyl (C=O) groups excluding carboxylic acids is 1. The van der Waals surface area contributed by atoms with Crippen molar-refractivity contribution in [1.29, 1.82) is 0 Å². The van der Waals surface area contributed by atoms with Gasteiger partial charge in [-0.25, -0.2) is 4.39 Å². The maximum atomic E-state index is 13.4. The van der Waals surface area contributed by atoms with Crippen LogP contribution in [-0.2, 0) is 16.0 Å².